The van der Waals surface area contributed by atoms with Crippen LogP contribution >= 0.6 is 0 Å². The van der Waals surface area contributed by atoms with Crippen LogP contribution < -0.4 is 15.0 Å². The van der Waals surface area contributed by atoms with Crippen molar-refractivity contribution in [2.45, 2.75) is 19.8 Å². The van der Waals surface area contributed by atoms with Crippen LogP contribution in [-0.4, -0.2) is 36.2 Å². The molecule has 1 saturated heterocycles. The van der Waals surface area contributed by atoms with Crippen LogP contribution in [0.1, 0.15) is 18.6 Å². The van der Waals surface area contributed by atoms with Gasteiger partial charge < -0.3 is 19.5 Å². The van der Waals surface area contributed by atoms with Crippen molar-refractivity contribution in [1.82, 2.24) is 10.1 Å². The van der Waals surface area contributed by atoms with Gasteiger partial charge in [0, 0.05) is 36.4 Å². The number of nitrogens with one attached hydrogen (secondary N) is 1. The summed E-state index contributed by atoms with van der Waals surface area (Å²) in [6.07, 6.45) is 3.61. The van der Waals surface area contributed by atoms with Crippen molar-refractivity contribution in [3.63, 3.8) is 0 Å². The van der Waals surface area contributed by atoms with Gasteiger partial charge in [-0.05, 0) is 44.0 Å². The second-order valence-corrected chi connectivity index (χ2v) is 6.81. The number of nitrogens with zero attached hydrogens (tertiary/aromatic N) is 3. The molecule has 7 nitrogen and oxygen atoms in total. The van der Waals surface area contributed by atoms with Gasteiger partial charge in [-0.3, -0.25) is 9.78 Å². The van der Waals surface area contributed by atoms with Gasteiger partial charge in [0.05, 0.1) is 18.5 Å². The molecule has 1 fully saturated rings. The van der Waals surface area contributed by atoms with Gasteiger partial charge in [0.25, 0.3) is 0 Å². The SMILES string of the molecule is COc1ccc2nccc(N3CCCC(C(=O)Nc4cc(C)on4)C3)c2c1. The molecule has 1 N–H and O–H groups in total. The van der Waals surface area contributed by atoms with Crippen molar-refractivity contribution in [3.05, 3.63) is 42.3 Å². The number of ether oxygens (including phenoxy) is 1. The maximum absolute atomic E-state index is 12.7. The van der Waals surface area contributed by atoms with Gasteiger partial charge in [0.15, 0.2) is 5.82 Å². The summed E-state index contributed by atoms with van der Waals surface area (Å²) in [5.41, 5.74) is 1.99. The zero-order valence-electron chi connectivity index (χ0n) is 15.4. The molecule has 4 rings (SSSR count). The van der Waals surface area contributed by atoms with Gasteiger partial charge >= 0.3 is 0 Å². The molecule has 1 unspecified atom stereocenters. The molecule has 0 saturated carbocycles. The third kappa shape index (κ3) is 3.58. The Balaban J connectivity index is 1.56. The predicted octanol–water partition coefficient (Wildman–Crippen LogP) is 3.39. The van der Waals surface area contributed by atoms with E-state index in [1.807, 2.05) is 30.5 Å². The molecule has 1 aromatic carbocycles. The van der Waals surface area contributed by atoms with Crippen molar-refractivity contribution in [2.75, 3.05) is 30.4 Å². The Kier molecular flexibility index (Phi) is 4.66. The predicted molar refractivity (Wildman–Crippen MR) is 103 cm³/mol. The standard InChI is InChI=1S/C20H22N4O3/c1-13-10-19(23-27-13)22-20(25)14-4-3-9-24(12-14)18-7-8-21-17-6-5-15(26-2)11-16(17)18/h5-8,10-11,14H,3-4,9,12H2,1-2H3,(H,22,23,25). The van der Waals surface area contributed by atoms with Gasteiger partial charge in [0.1, 0.15) is 11.5 Å². The van der Waals surface area contributed by atoms with Crippen molar-refractivity contribution in [1.29, 1.82) is 0 Å². The number of fused-ring (bicyclic) bond motifs is 1. The Morgan fingerprint density at radius 1 is 1.33 bits per heavy atom. The monoisotopic (exact) mass is 366 g/mol. The molecule has 1 aliphatic rings. The van der Waals surface area contributed by atoms with Gasteiger partial charge in [-0.25, -0.2) is 0 Å². The lowest BCUT2D eigenvalue weighted by Gasteiger charge is -2.34. The number of pyridine rings is 1. The summed E-state index contributed by atoms with van der Waals surface area (Å²) in [6.45, 7) is 3.36. The summed E-state index contributed by atoms with van der Waals surface area (Å²) in [6, 6.07) is 9.59. The smallest absolute Gasteiger partial charge is 0.230 e. The fraction of sp³-hybridized carbons (Fsp3) is 0.350. The van der Waals surface area contributed by atoms with Crippen molar-refractivity contribution in [3.8, 4) is 5.75 Å². The number of carbonyl (C=O) groups excluding carboxylic acids is 1. The molecule has 7 heteroatoms. The number of aromatic nitrogens is 2. The minimum absolute atomic E-state index is 0.0241. The largest absolute Gasteiger partial charge is 0.497 e. The first-order valence-electron chi connectivity index (χ1n) is 9.06. The Bertz CT molecular complexity index is 969. The molecular weight excluding hydrogens is 344 g/mol. The van der Waals surface area contributed by atoms with E-state index in [-0.39, 0.29) is 11.8 Å². The van der Waals surface area contributed by atoms with E-state index in [0.29, 0.717) is 18.1 Å². The minimum Gasteiger partial charge on any atom is -0.497 e. The molecule has 3 heterocycles. The van der Waals surface area contributed by atoms with Crippen LogP contribution in [0.3, 0.4) is 0 Å². The molecule has 0 radical (unpaired) electrons. The highest BCUT2D eigenvalue weighted by Crippen LogP contribution is 2.32. The molecule has 0 bridgehead atoms. The van der Waals surface area contributed by atoms with Crippen LogP contribution in [0.25, 0.3) is 10.9 Å². The summed E-state index contributed by atoms with van der Waals surface area (Å²) in [5, 5.41) is 7.73. The fourth-order valence-electron chi connectivity index (χ4n) is 3.58. The van der Waals surface area contributed by atoms with Crippen LogP contribution in [-0.2, 0) is 4.79 Å². The molecule has 1 amide bonds. The fourth-order valence-corrected chi connectivity index (χ4v) is 3.58. The highest BCUT2D eigenvalue weighted by atomic mass is 16.5. The van der Waals surface area contributed by atoms with Crippen LogP contribution in [0, 0.1) is 12.8 Å². The van der Waals surface area contributed by atoms with E-state index in [1.165, 1.54) is 0 Å². The molecule has 3 aromatic rings. The zero-order chi connectivity index (χ0) is 18.8. The number of carbonyl (C=O) groups is 1. The first-order chi connectivity index (χ1) is 13.1. The lowest BCUT2D eigenvalue weighted by molar-refractivity contribution is -0.120. The normalized spacial score (nSPS) is 17.1. The van der Waals surface area contributed by atoms with E-state index in [1.54, 1.807) is 20.1 Å². The number of piperidine rings is 1. The van der Waals surface area contributed by atoms with Crippen LogP contribution in [0.15, 0.2) is 41.1 Å². The number of hydrogen-bond acceptors (Lipinski definition) is 6. The molecule has 2 aromatic heterocycles. The number of methoxy groups -OCH3 is 1. The molecule has 1 atom stereocenters. The van der Waals surface area contributed by atoms with E-state index in [0.717, 1.165) is 41.7 Å². The lowest BCUT2D eigenvalue weighted by Crippen LogP contribution is -2.40. The summed E-state index contributed by atoms with van der Waals surface area (Å²) < 4.78 is 10.4. The van der Waals surface area contributed by atoms with Crippen LogP contribution in [0.2, 0.25) is 0 Å². The summed E-state index contributed by atoms with van der Waals surface area (Å²) in [5.74, 6) is 1.81. The maximum atomic E-state index is 12.7. The first-order valence-corrected chi connectivity index (χ1v) is 9.06. The quantitative estimate of drug-likeness (QED) is 0.762. The van der Waals surface area contributed by atoms with Crippen LogP contribution in [0.5, 0.6) is 5.75 Å². The number of hydrogen-bond donors (Lipinski definition) is 1. The van der Waals surface area contributed by atoms with E-state index in [2.05, 4.69) is 20.4 Å². The highest BCUT2D eigenvalue weighted by Gasteiger charge is 2.27. The topological polar surface area (TPSA) is 80.5 Å². The average molecular weight is 366 g/mol. The van der Waals surface area contributed by atoms with E-state index in [4.69, 9.17) is 9.26 Å². The van der Waals surface area contributed by atoms with E-state index < -0.39 is 0 Å². The third-order valence-corrected chi connectivity index (χ3v) is 4.94. The van der Waals surface area contributed by atoms with Crippen molar-refractivity contribution in [2.24, 2.45) is 5.92 Å². The minimum atomic E-state index is -0.107. The Labute approximate surface area is 157 Å². The van der Waals surface area contributed by atoms with Gasteiger partial charge in [-0.1, -0.05) is 5.16 Å². The van der Waals surface area contributed by atoms with Gasteiger partial charge in [-0.2, -0.15) is 0 Å². The molecular formula is C20H22N4O3. The van der Waals surface area contributed by atoms with Crippen molar-refractivity contribution < 1.29 is 14.1 Å². The molecule has 0 spiro atoms. The van der Waals surface area contributed by atoms with Gasteiger partial charge in [0.2, 0.25) is 5.91 Å². The second-order valence-electron chi connectivity index (χ2n) is 6.81. The summed E-state index contributed by atoms with van der Waals surface area (Å²) in [7, 11) is 1.66. The number of aryl methyl sites for hydroxylation is 1. The Morgan fingerprint density at radius 3 is 3.00 bits per heavy atom. The molecule has 0 aliphatic carbocycles. The Hall–Kier alpha value is -3.09. The van der Waals surface area contributed by atoms with E-state index in [9.17, 15) is 4.79 Å². The van der Waals surface area contributed by atoms with Crippen molar-refractivity contribution >= 4 is 28.3 Å². The average Bonchev–Trinajstić information content (AvgIpc) is 3.11. The lowest BCUT2D eigenvalue weighted by atomic mass is 9.96. The molecule has 1 aliphatic heterocycles. The third-order valence-electron chi connectivity index (χ3n) is 4.94. The Morgan fingerprint density at radius 2 is 2.22 bits per heavy atom. The number of benzene rings is 1. The molecule has 140 valence electrons. The molecule has 27 heavy (non-hydrogen) atoms. The maximum Gasteiger partial charge on any atom is 0.230 e. The highest BCUT2D eigenvalue weighted by molar-refractivity contribution is 5.94. The number of amides is 1. The summed E-state index contributed by atoms with van der Waals surface area (Å²) >= 11 is 0. The zero-order valence-corrected chi connectivity index (χ0v) is 15.4. The summed E-state index contributed by atoms with van der Waals surface area (Å²) in [4.78, 5) is 19.4. The first kappa shape index (κ1) is 17.3. The second kappa shape index (κ2) is 7.26. The number of rotatable bonds is 4. The number of anilines is 2. The van der Waals surface area contributed by atoms with E-state index >= 15 is 0 Å². The van der Waals surface area contributed by atoms with Gasteiger partial charge in [-0.15, -0.1) is 0 Å². The van der Waals surface area contributed by atoms with Crippen LogP contribution in [0.4, 0.5) is 11.5 Å².